The molecule has 0 bridgehead atoms. The summed E-state index contributed by atoms with van der Waals surface area (Å²) in [6.07, 6.45) is 0. The molecule has 0 saturated carbocycles. The van der Waals surface area contributed by atoms with Gasteiger partial charge in [-0.05, 0) is 49.7 Å². The van der Waals surface area contributed by atoms with Gasteiger partial charge in [0.15, 0.2) is 5.82 Å². The summed E-state index contributed by atoms with van der Waals surface area (Å²) in [5.74, 6) is 0.0386. The predicted molar refractivity (Wildman–Crippen MR) is 87.6 cm³/mol. The maximum absolute atomic E-state index is 14.3. The molecule has 6 nitrogen and oxygen atoms in total. The summed E-state index contributed by atoms with van der Waals surface area (Å²) >= 11 is 0. The summed E-state index contributed by atoms with van der Waals surface area (Å²) in [4.78, 5) is 4.06. The normalized spacial score (nSPS) is 11.7. The Morgan fingerprint density at radius 1 is 1.12 bits per heavy atom. The van der Waals surface area contributed by atoms with Crippen molar-refractivity contribution >= 4 is 10.0 Å². The van der Waals surface area contributed by atoms with E-state index in [-0.39, 0.29) is 16.3 Å². The molecule has 0 aliphatic heterocycles. The maximum Gasteiger partial charge on any atom is 0.238 e. The van der Waals surface area contributed by atoms with Crippen LogP contribution in [0.5, 0.6) is 0 Å². The van der Waals surface area contributed by atoms with E-state index in [1.807, 2.05) is 31.2 Å². The second-order valence-electron chi connectivity index (χ2n) is 5.42. The van der Waals surface area contributed by atoms with Gasteiger partial charge in [0.25, 0.3) is 0 Å². The standard InChI is InChI=1S/C16H15FN4O2S/c1-10-4-3-5-12(8-10)21-16(19-11(2)20-21)14-9-13(24(18,22)23)6-7-15(14)17/h3-9H,1-2H3,(H2,18,22,23). The highest BCUT2D eigenvalue weighted by atomic mass is 32.2. The first kappa shape index (κ1) is 16.3. The van der Waals surface area contributed by atoms with Crippen molar-refractivity contribution < 1.29 is 12.8 Å². The van der Waals surface area contributed by atoms with Crippen molar-refractivity contribution in [2.24, 2.45) is 5.14 Å². The zero-order valence-corrected chi connectivity index (χ0v) is 13.9. The summed E-state index contributed by atoms with van der Waals surface area (Å²) in [6, 6.07) is 10.8. The Balaban J connectivity index is 2.25. The second kappa shape index (κ2) is 5.81. The minimum absolute atomic E-state index is 0.0173. The molecule has 0 unspecified atom stereocenters. The zero-order valence-electron chi connectivity index (χ0n) is 13.1. The van der Waals surface area contributed by atoms with Crippen molar-refractivity contribution in [1.29, 1.82) is 0 Å². The summed E-state index contributed by atoms with van der Waals surface area (Å²) in [7, 11) is -3.95. The van der Waals surface area contributed by atoms with Gasteiger partial charge in [-0.25, -0.2) is 27.6 Å². The first-order valence-corrected chi connectivity index (χ1v) is 8.64. The number of nitrogens with zero attached hydrogens (tertiary/aromatic N) is 3. The van der Waals surface area contributed by atoms with Crippen LogP contribution in [0.1, 0.15) is 11.4 Å². The Bertz CT molecular complexity index is 1030. The molecule has 0 aliphatic carbocycles. The van der Waals surface area contributed by atoms with Gasteiger partial charge in [0.2, 0.25) is 10.0 Å². The van der Waals surface area contributed by atoms with Crippen molar-refractivity contribution in [3.8, 4) is 17.1 Å². The van der Waals surface area contributed by atoms with Crippen LogP contribution < -0.4 is 5.14 Å². The molecule has 2 aromatic carbocycles. The van der Waals surface area contributed by atoms with Crippen LogP contribution in [0.15, 0.2) is 47.4 Å². The predicted octanol–water partition coefficient (Wildman–Crippen LogP) is 2.34. The van der Waals surface area contributed by atoms with Gasteiger partial charge in [0.1, 0.15) is 11.6 Å². The number of rotatable bonds is 3. The van der Waals surface area contributed by atoms with Crippen LogP contribution in [0.3, 0.4) is 0 Å². The average molecular weight is 346 g/mol. The van der Waals surface area contributed by atoms with Crippen LogP contribution in [0.25, 0.3) is 17.1 Å². The Hall–Kier alpha value is -2.58. The highest BCUT2D eigenvalue weighted by molar-refractivity contribution is 7.89. The lowest BCUT2D eigenvalue weighted by atomic mass is 10.2. The van der Waals surface area contributed by atoms with Gasteiger partial charge >= 0.3 is 0 Å². The lowest BCUT2D eigenvalue weighted by Gasteiger charge is -2.09. The molecule has 1 heterocycles. The molecule has 124 valence electrons. The molecule has 1 aromatic heterocycles. The Morgan fingerprint density at radius 2 is 1.88 bits per heavy atom. The summed E-state index contributed by atoms with van der Waals surface area (Å²) in [5.41, 5.74) is 1.72. The number of benzene rings is 2. The lowest BCUT2D eigenvalue weighted by molar-refractivity contribution is 0.596. The lowest BCUT2D eigenvalue weighted by Crippen LogP contribution is -2.12. The second-order valence-corrected chi connectivity index (χ2v) is 6.98. The number of aryl methyl sites for hydroxylation is 2. The van der Waals surface area contributed by atoms with Crippen LogP contribution in [0, 0.1) is 19.7 Å². The van der Waals surface area contributed by atoms with Crippen molar-refractivity contribution in [1.82, 2.24) is 14.8 Å². The average Bonchev–Trinajstić information content (AvgIpc) is 2.88. The largest absolute Gasteiger partial charge is 0.238 e. The van der Waals surface area contributed by atoms with E-state index in [2.05, 4.69) is 10.1 Å². The fourth-order valence-corrected chi connectivity index (χ4v) is 2.92. The van der Waals surface area contributed by atoms with E-state index in [0.717, 1.165) is 17.7 Å². The summed E-state index contributed by atoms with van der Waals surface area (Å²) in [6.45, 7) is 3.60. The van der Waals surface area contributed by atoms with Crippen LogP contribution in [0.4, 0.5) is 4.39 Å². The van der Waals surface area contributed by atoms with Gasteiger partial charge in [-0.2, -0.15) is 5.10 Å². The number of hydrogen-bond donors (Lipinski definition) is 1. The van der Waals surface area contributed by atoms with E-state index < -0.39 is 15.8 Å². The monoisotopic (exact) mass is 346 g/mol. The Morgan fingerprint density at radius 3 is 2.54 bits per heavy atom. The van der Waals surface area contributed by atoms with Crippen LogP contribution >= 0.6 is 0 Å². The number of primary sulfonamides is 1. The first-order chi connectivity index (χ1) is 11.3. The molecular formula is C16H15FN4O2S. The van der Waals surface area contributed by atoms with Crippen LogP contribution in [-0.4, -0.2) is 23.2 Å². The third-order valence-electron chi connectivity index (χ3n) is 3.47. The van der Waals surface area contributed by atoms with E-state index in [9.17, 15) is 12.8 Å². The summed E-state index contributed by atoms with van der Waals surface area (Å²) < 4.78 is 38.9. The van der Waals surface area contributed by atoms with Crippen molar-refractivity contribution in [3.05, 3.63) is 59.7 Å². The van der Waals surface area contributed by atoms with Gasteiger partial charge in [-0.3, -0.25) is 0 Å². The number of hydrogen-bond acceptors (Lipinski definition) is 4. The van der Waals surface area contributed by atoms with Gasteiger partial charge in [-0.1, -0.05) is 12.1 Å². The molecular weight excluding hydrogens is 331 g/mol. The first-order valence-electron chi connectivity index (χ1n) is 7.09. The molecule has 0 radical (unpaired) electrons. The molecule has 0 spiro atoms. The van der Waals surface area contributed by atoms with E-state index in [1.165, 1.54) is 10.7 Å². The van der Waals surface area contributed by atoms with E-state index in [4.69, 9.17) is 5.14 Å². The third-order valence-corrected chi connectivity index (χ3v) is 4.38. The van der Waals surface area contributed by atoms with Gasteiger partial charge in [0, 0.05) is 0 Å². The molecule has 0 amide bonds. The van der Waals surface area contributed by atoms with E-state index >= 15 is 0 Å². The number of nitrogens with two attached hydrogens (primary N) is 1. The quantitative estimate of drug-likeness (QED) is 0.788. The minimum Gasteiger partial charge on any atom is -0.225 e. The van der Waals surface area contributed by atoms with E-state index in [1.54, 1.807) is 6.92 Å². The maximum atomic E-state index is 14.3. The molecule has 0 fully saturated rings. The highest BCUT2D eigenvalue weighted by Gasteiger charge is 2.19. The summed E-state index contributed by atoms with van der Waals surface area (Å²) in [5, 5.41) is 9.42. The van der Waals surface area contributed by atoms with Gasteiger partial charge in [-0.15, -0.1) is 0 Å². The smallest absolute Gasteiger partial charge is 0.225 e. The molecule has 8 heteroatoms. The van der Waals surface area contributed by atoms with Crippen LogP contribution in [-0.2, 0) is 10.0 Å². The van der Waals surface area contributed by atoms with Crippen molar-refractivity contribution in [2.75, 3.05) is 0 Å². The SMILES string of the molecule is Cc1cccc(-n2nc(C)nc2-c2cc(S(N)(=O)=O)ccc2F)c1. The Labute approximate surface area is 138 Å². The van der Waals surface area contributed by atoms with Crippen molar-refractivity contribution in [2.45, 2.75) is 18.7 Å². The molecule has 0 atom stereocenters. The molecule has 24 heavy (non-hydrogen) atoms. The fourth-order valence-electron chi connectivity index (χ4n) is 2.38. The molecule has 3 aromatic rings. The minimum atomic E-state index is -3.95. The number of sulfonamides is 1. The number of halogens is 1. The molecule has 0 aliphatic rings. The van der Waals surface area contributed by atoms with Gasteiger partial charge < -0.3 is 0 Å². The topological polar surface area (TPSA) is 90.9 Å². The highest BCUT2D eigenvalue weighted by Crippen LogP contribution is 2.26. The van der Waals surface area contributed by atoms with Crippen LogP contribution in [0.2, 0.25) is 0 Å². The van der Waals surface area contributed by atoms with Crippen molar-refractivity contribution in [3.63, 3.8) is 0 Å². The Kier molecular flexibility index (Phi) is 3.94. The zero-order chi connectivity index (χ0) is 17.5. The van der Waals surface area contributed by atoms with Gasteiger partial charge in [0.05, 0.1) is 16.1 Å². The number of aromatic nitrogens is 3. The van der Waals surface area contributed by atoms with E-state index in [0.29, 0.717) is 11.5 Å². The third kappa shape index (κ3) is 3.06. The molecule has 3 rings (SSSR count). The fraction of sp³-hybridized carbons (Fsp3) is 0.125. The molecule has 2 N–H and O–H groups in total. The molecule has 0 saturated heterocycles.